The van der Waals surface area contributed by atoms with Crippen LogP contribution >= 0.6 is 0 Å². The molecule has 2 amide bonds. The maximum absolute atomic E-state index is 12.8. The molecule has 2 N–H and O–H groups in total. The van der Waals surface area contributed by atoms with Crippen molar-refractivity contribution < 1.29 is 18.0 Å². The molecule has 3 aromatic heterocycles. The number of hydrogen-bond acceptors (Lipinski definition) is 6. The number of amides is 2. The highest BCUT2D eigenvalue weighted by Gasteiger charge is 2.48. The number of anilines is 1. The lowest BCUT2D eigenvalue weighted by Gasteiger charge is -2.53. The Bertz CT molecular complexity index is 1560. The minimum atomic E-state index is -4.42. The minimum Gasteiger partial charge on any atom is -0.346 e. The summed E-state index contributed by atoms with van der Waals surface area (Å²) in [5.74, 6) is 0. The number of hydrogen-bond donors (Lipinski definition) is 2. The molecule has 2 aliphatic heterocycles. The zero-order chi connectivity index (χ0) is 27.9. The predicted molar refractivity (Wildman–Crippen MR) is 140 cm³/mol. The number of urea groups is 1. The smallest absolute Gasteiger partial charge is 0.346 e. The number of nitrogens with one attached hydrogen (secondary N) is 2. The fourth-order valence-corrected chi connectivity index (χ4v) is 5.64. The number of nitrogens with zero attached hydrogens (tertiary/aromatic N) is 7. The quantitative estimate of drug-likeness (QED) is 0.380. The zero-order valence-corrected chi connectivity index (χ0v) is 21.4. The number of nitriles is 1. The Morgan fingerprint density at radius 3 is 2.60 bits per heavy atom. The molecule has 13 heteroatoms. The molecule has 0 saturated carbocycles. The number of rotatable bonds is 5. The van der Waals surface area contributed by atoms with E-state index in [-0.39, 0.29) is 12.1 Å². The van der Waals surface area contributed by atoms with Crippen molar-refractivity contribution in [3.8, 4) is 17.3 Å². The monoisotopic (exact) mass is 549 g/mol. The van der Waals surface area contributed by atoms with Gasteiger partial charge in [0.05, 0.1) is 29.9 Å². The lowest BCUT2D eigenvalue weighted by atomic mass is 9.84. The van der Waals surface area contributed by atoms with Gasteiger partial charge in [-0.25, -0.2) is 14.8 Å². The van der Waals surface area contributed by atoms with Crippen LogP contribution in [0.5, 0.6) is 0 Å². The highest BCUT2D eigenvalue weighted by molar-refractivity contribution is 5.90. The van der Waals surface area contributed by atoms with Gasteiger partial charge in [-0.1, -0.05) is 0 Å². The van der Waals surface area contributed by atoms with Crippen molar-refractivity contribution >= 4 is 22.8 Å². The van der Waals surface area contributed by atoms with Gasteiger partial charge < -0.3 is 15.2 Å². The Morgan fingerprint density at radius 2 is 1.90 bits per heavy atom. The van der Waals surface area contributed by atoms with Gasteiger partial charge in [-0.2, -0.15) is 23.5 Å². The van der Waals surface area contributed by atoms with Gasteiger partial charge in [0.1, 0.15) is 17.5 Å². The molecule has 0 aliphatic carbocycles. The maximum Gasteiger partial charge on any atom is 0.416 e. The first-order chi connectivity index (χ1) is 19.3. The molecule has 2 saturated heterocycles. The first-order valence-electron chi connectivity index (χ1n) is 12.9. The molecule has 0 radical (unpaired) electrons. The summed E-state index contributed by atoms with van der Waals surface area (Å²) >= 11 is 0. The number of aromatic amines is 1. The number of H-pyrrole nitrogens is 1. The highest BCUT2D eigenvalue weighted by Crippen LogP contribution is 2.37. The average molecular weight is 550 g/mol. The van der Waals surface area contributed by atoms with Gasteiger partial charge in [0.2, 0.25) is 0 Å². The largest absolute Gasteiger partial charge is 0.416 e. The van der Waals surface area contributed by atoms with E-state index >= 15 is 0 Å². The van der Waals surface area contributed by atoms with E-state index in [0.717, 1.165) is 47.3 Å². The molecule has 2 aliphatic rings. The fraction of sp³-hybridized carbons (Fsp3) is 0.370. The molecule has 5 heterocycles. The van der Waals surface area contributed by atoms with Crippen molar-refractivity contribution in [1.82, 2.24) is 34.5 Å². The van der Waals surface area contributed by atoms with Gasteiger partial charge in [-0.3, -0.25) is 9.58 Å². The molecule has 0 atom stereocenters. The van der Waals surface area contributed by atoms with Crippen LogP contribution in [0.2, 0.25) is 0 Å². The molecule has 0 bridgehead atoms. The van der Waals surface area contributed by atoms with Gasteiger partial charge in [-0.05, 0) is 43.2 Å². The Hall–Kier alpha value is -4.44. The SMILES string of the molecule is N#CCC1(n2cc(-c3ncnc4[nH]ccc34)cn2)CN(C2CCN(C(=O)Nc3ccc(C(F)(F)F)cc3)CC2)C1. The maximum atomic E-state index is 12.8. The van der Waals surface area contributed by atoms with E-state index in [0.29, 0.717) is 38.3 Å². The third-order valence-corrected chi connectivity index (χ3v) is 7.83. The van der Waals surface area contributed by atoms with Crippen LogP contribution in [0.4, 0.5) is 23.7 Å². The van der Waals surface area contributed by atoms with Crippen LogP contribution in [-0.4, -0.2) is 72.8 Å². The molecule has 2 fully saturated rings. The predicted octanol–water partition coefficient (Wildman–Crippen LogP) is 4.46. The molecule has 1 aromatic carbocycles. The number of carbonyl (C=O) groups is 1. The van der Waals surface area contributed by atoms with Crippen LogP contribution < -0.4 is 5.32 Å². The van der Waals surface area contributed by atoms with Gasteiger partial charge in [0.25, 0.3) is 0 Å². The van der Waals surface area contributed by atoms with Crippen molar-refractivity contribution in [2.24, 2.45) is 0 Å². The molecule has 40 heavy (non-hydrogen) atoms. The molecule has 206 valence electrons. The Balaban J connectivity index is 1.06. The number of fused-ring (bicyclic) bond motifs is 1. The first kappa shape index (κ1) is 25.8. The number of halogens is 3. The van der Waals surface area contributed by atoms with E-state index in [1.165, 1.54) is 18.5 Å². The summed E-state index contributed by atoms with van der Waals surface area (Å²) in [4.78, 5) is 28.5. The second-order valence-corrected chi connectivity index (χ2v) is 10.3. The van der Waals surface area contributed by atoms with Crippen molar-refractivity contribution in [2.45, 2.75) is 37.0 Å². The second kappa shape index (κ2) is 9.95. The van der Waals surface area contributed by atoms with Gasteiger partial charge in [0, 0.05) is 61.3 Å². The van der Waals surface area contributed by atoms with Crippen molar-refractivity contribution in [2.75, 3.05) is 31.5 Å². The van der Waals surface area contributed by atoms with Gasteiger partial charge >= 0.3 is 12.2 Å². The Morgan fingerprint density at radius 1 is 1.15 bits per heavy atom. The summed E-state index contributed by atoms with van der Waals surface area (Å²) in [6.45, 7) is 2.41. The highest BCUT2D eigenvalue weighted by atomic mass is 19.4. The molecular weight excluding hydrogens is 523 g/mol. The number of piperidine rings is 1. The summed E-state index contributed by atoms with van der Waals surface area (Å²) in [5.41, 5.74) is 1.51. The summed E-state index contributed by atoms with van der Waals surface area (Å²) < 4.78 is 40.2. The number of likely N-dealkylation sites (tertiary alicyclic amines) is 2. The summed E-state index contributed by atoms with van der Waals surface area (Å²) in [7, 11) is 0. The van der Waals surface area contributed by atoms with E-state index in [4.69, 9.17) is 0 Å². The number of carbonyl (C=O) groups excluding carboxylic acids is 1. The standard InChI is InChI=1S/C27H26F3N9O/c28-27(29,30)19-1-3-20(4-2-19)36-25(40)37-11-6-21(7-12-37)38-15-26(16-38,8-9-31)39-14-18(13-35-39)23-22-5-10-32-24(22)34-17-33-23/h1-5,10,13-14,17,21H,6-8,11-12,15-16H2,(H,36,40)(H,32,33,34). The van der Waals surface area contributed by atoms with Crippen LogP contribution in [0.15, 0.2) is 55.2 Å². The van der Waals surface area contributed by atoms with E-state index in [9.17, 15) is 23.2 Å². The normalized spacial score (nSPS) is 17.9. The number of benzene rings is 1. The molecular formula is C27H26F3N9O. The Kier molecular flexibility index (Phi) is 6.42. The topological polar surface area (TPSA) is 119 Å². The van der Waals surface area contributed by atoms with Crippen molar-refractivity contribution in [3.63, 3.8) is 0 Å². The van der Waals surface area contributed by atoms with E-state index in [1.54, 1.807) is 11.1 Å². The van der Waals surface area contributed by atoms with Crippen LogP contribution in [0.3, 0.4) is 0 Å². The molecule has 6 rings (SSSR count). The summed E-state index contributed by atoms with van der Waals surface area (Å²) in [6.07, 6.45) is 4.47. The van der Waals surface area contributed by atoms with E-state index < -0.39 is 17.3 Å². The minimum absolute atomic E-state index is 0.262. The Labute approximate surface area is 227 Å². The first-order valence-corrected chi connectivity index (χ1v) is 12.9. The third-order valence-electron chi connectivity index (χ3n) is 7.83. The van der Waals surface area contributed by atoms with Crippen LogP contribution in [0, 0.1) is 11.3 Å². The van der Waals surface area contributed by atoms with Gasteiger partial charge in [-0.15, -0.1) is 0 Å². The lowest BCUT2D eigenvalue weighted by molar-refractivity contribution is -0.137. The van der Waals surface area contributed by atoms with E-state index in [1.807, 2.05) is 23.1 Å². The third kappa shape index (κ3) is 4.75. The van der Waals surface area contributed by atoms with Gasteiger partial charge in [0.15, 0.2) is 0 Å². The molecule has 0 unspecified atom stereocenters. The average Bonchev–Trinajstić information content (AvgIpc) is 3.61. The van der Waals surface area contributed by atoms with Crippen LogP contribution in [-0.2, 0) is 11.7 Å². The van der Waals surface area contributed by atoms with Crippen molar-refractivity contribution in [1.29, 1.82) is 5.26 Å². The summed E-state index contributed by atoms with van der Waals surface area (Å²) in [5, 5.41) is 17.8. The number of alkyl halides is 3. The molecule has 10 nitrogen and oxygen atoms in total. The fourth-order valence-electron chi connectivity index (χ4n) is 5.64. The van der Waals surface area contributed by atoms with E-state index in [2.05, 4.69) is 36.3 Å². The lowest BCUT2D eigenvalue weighted by Crippen LogP contribution is -2.66. The van der Waals surface area contributed by atoms with Crippen LogP contribution in [0.1, 0.15) is 24.8 Å². The number of aromatic nitrogens is 5. The second-order valence-electron chi connectivity index (χ2n) is 10.3. The zero-order valence-electron chi connectivity index (χ0n) is 21.4. The molecule has 4 aromatic rings. The van der Waals surface area contributed by atoms with Crippen molar-refractivity contribution in [3.05, 3.63) is 60.8 Å². The van der Waals surface area contributed by atoms with Crippen LogP contribution in [0.25, 0.3) is 22.3 Å². The molecule has 0 spiro atoms. The summed E-state index contributed by atoms with van der Waals surface area (Å²) in [6, 6.07) is 8.61.